The van der Waals surface area contributed by atoms with Gasteiger partial charge in [-0.1, -0.05) is 6.07 Å². The molecule has 0 saturated heterocycles. The highest BCUT2D eigenvalue weighted by Gasteiger charge is 2.25. The number of nitrogens with zero attached hydrogens (tertiary/aromatic N) is 2. The summed E-state index contributed by atoms with van der Waals surface area (Å²) in [6.07, 6.45) is 0.299. The van der Waals surface area contributed by atoms with Gasteiger partial charge in [-0.05, 0) is 32.4 Å². The molecule has 0 aliphatic carbocycles. The van der Waals surface area contributed by atoms with E-state index in [1.54, 1.807) is 4.90 Å². The van der Waals surface area contributed by atoms with E-state index < -0.39 is 22.4 Å². The molecule has 0 aliphatic rings. The van der Waals surface area contributed by atoms with Crippen molar-refractivity contribution in [2.75, 3.05) is 11.4 Å². The molecule has 6 nitrogen and oxygen atoms in total. The van der Waals surface area contributed by atoms with Crippen LogP contribution in [0.2, 0.25) is 0 Å². The summed E-state index contributed by atoms with van der Waals surface area (Å²) in [6.45, 7) is 3.94. The summed E-state index contributed by atoms with van der Waals surface area (Å²) in [4.78, 5) is 22.4. The van der Waals surface area contributed by atoms with Crippen LogP contribution in [-0.4, -0.2) is 28.6 Å². The van der Waals surface area contributed by atoms with Crippen molar-refractivity contribution in [1.82, 2.24) is 0 Å². The van der Waals surface area contributed by atoms with E-state index in [2.05, 4.69) is 0 Å². The molecule has 20 heavy (non-hydrogen) atoms. The van der Waals surface area contributed by atoms with E-state index >= 15 is 0 Å². The molecule has 1 N–H and O–H groups in total. The summed E-state index contributed by atoms with van der Waals surface area (Å²) in [6, 6.07) is 3.81. The van der Waals surface area contributed by atoms with Crippen molar-refractivity contribution < 1.29 is 19.2 Å². The molecule has 0 bridgehead atoms. The van der Waals surface area contributed by atoms with Crippen molar-refractivity contribution in [3.8, 4) is 0 Å². The maximum Gasteiger partial charge on any atom is 0.327 e. The van der Waals surface area contributed by atoms with Gasteiger partial charge in [0, 0.05) is 19.0 Å². The van der Waals surface area contributed by atoms with Gasteiger partial charge >= 0.3 is 11.7 Å². The number of halogens is 1. The lowest BCUT2D eigenvalue weighted by Crippen LogP contribution is -2.32. The Morgan fingerprint density at radius 3 is 2.65 bits per heavy atom. The monoisotopic (exact) mass is 284 g/mol. The van der Waals surface area contributed by atoms with E-state index in [0.717, 1.165) is 6.07 Å². The predicted octanol–water partition coefficient (Wildman–Crippen LogP) is 2.81. The third kappa shape index (κ3) is 3.91. The smallest absolute Gasteiger partial charge is 0.327 e. The molecule has 0 spiro atoms. The molecule has 0 radical (unpaired) electrons. The minimum absolute atomic E-state index is 0.0354. The lowest BCUT2D eigenvalue weighted by molar-refractivity contribution is -0.386. The van der Waals surface area contributed by atoms with E-state index in [-0.39, 0.29) is 18.2 Å². The molecular weight excluding hydrogens is 267 g/mol. The highest BCUT2D eigenvalue weighted by atomic mass is 19.1. The Balaban J connectivity index is 3.06. The van der Waals surface area contributed by atoms with Crippen LogP contribution in [0.3, 0.4) is 0 Å². The first-order chi connectivity index (χ1) is 9.34. The van der Waals surface area contributed by atoms with Crippen LogP contribution < -0.4 is 4.90 Å². The van der Waals surface area contributed by atoms with Crippen molar-refractivity contribution in [3.63, 3.8) is 0 Å². The molecule has 0 aliphatic heterocycles. The Kier molecular flexibility index (Phi) is 5.42. The lowest BCUT2D eigenvalue weighted by Gasteiger charge is -2.28. The van der Waals surface area contributed by atoms with Crippen molar-refractivity contribution in [2.45, 2.75) is 32.7 Å². The third-order valence-electron chi connectivity index (χ3n) is 2.87. The van der Waals surface area contributed by atoms with Gasteiger partial charge in [0.25, 0.3) is 0 Å². The number of anilines is 1. The molecule has 1 aromatic rings. The van der Waals surface area contributed by atoms with E-state index in [1.807, 2.05) is 13.8 Å². The van der Waals surface area contributed by atoms with Gasteiger partial charge in [-0.2, -0.15) is 4.39 Å². The lowest BCUT2D eigenvalue weighted by atomic mass is 10.1. The van der Waals surface area contributed by atoms with Gasteiger partial charge in [0.2, 0.25) is 5.82 Å². The van der Waals surface area contributed by atoms with Crippen LogP contribution in [0, 0.1) is 15.9 Å². The van der Waals surface area contributed by atoms with Crippen LogP contribution in [0.25, 0.3) is 0 Å². The zero-order chi connectivity index (χ0) is 15.3. The maximum absolute atomic E-state index is 13.6. The minimum Gasteiger partial charge on any atom is -0.481 e. The fourth-order valence-corrected chi connectivity index (χ4v) is 1.97. The number of para-hydroxylation sites is 1. The Labute approximate surface area is 116 Å². The van der Waals surface area contributed by atoms with E-state index in [0.29, 0.717) is 13.0 Å². The Morgan fingerprint density at radius 2 is 2.15 bits per heavy atom. The summed E-state index contributed by atoms with van der Waals surface area (Å²) < 4.78 is 13.6. The highest BCUT2D eigenvalue weighted by molar-refractivity contribution is 5.67. The molecule has 110 valence electrons. The SMILES string of the molecule is CC(C)N(CCCC(=O)O)c1cccc(F)c1[N+](=O)[O-]. The first-order valence-corrected chi connectivity index (χ1v) is 6.26. The van der Waals surface area contributed by atoms with Crippen LogP contribution in [0.5, 0.6) is 0 Å². The van der Waals surface area contributed by atoms with E-state index in [1.165, 1.54) is 12.1 Å². The second-order valence-electron chi connectivity index (χ2n) is 4.65. The molecule has 1 rings (SSSR count). The first kappa shape index (κ1) is 15.9. The fourth-order valence-electron chi connectivity index (χ4n) is 1.97. The number of carbonyl (C=O) groups is 1. The molecule has 0 fully saturated rings. The number of hydrogen-bond donors (Lipinski definition) is 1. The van der Waals surface area contributed by atoms with Crippen LogP contribution in [0.4, 0.5) is 15.8 Å². The van der Waals surface area contributed by atoms with Gasteiger partial charge in [-0.25, -0.2) is 0 Å². The number of carboxylic acids is 1. The van der Waals surface area contributed by atoms with Crippen molar-refractivity contribution >= 4 is 17.3 Å². The quantitative estimate of drug-likeness (QED) is 0.614. The molecule has 0 heterocycles. The molecule has 0 saturated carbocycles. The normalized spacial score (nSPS) is 10.6. The zero-order valence-corrected chi connectivity index (χ0v) is 11.4. The van der Waals surface area contributed by atoms with Crippen molar-refractivity contribution in [2.24, 2.45) is 0 Å². The number of hydrogen-bond acceptors (Lipinski definition) is 4. The van der Waals surface area contributed by atoms with Gasteiger partial charge in [-0.3, -0.25) is 14.9 Å². The van der Waals surface area contributed by atoms with Crippen LogP contribution in [0.15, 0.2) is 18.2 Å². The van der Waals surface area contributed by atoms with Gasteiger partial charge in [0.15, 0.2) is 0 Å². The van der Waals surface area contributed by atoms with Crippen molar-refractivity contribution in [1.29, 1.82) is 0 Å². The maximum atomic E-state index is 13.6. The van der Waals surface area contributed by atoms with E-state index in [9.17, 15) is 19.3 Å². The van der Waals surface area contributed by atoms with Gasteiger partial charge in [0.05, 0.1) is 4.92 Å². The van der Waals surface area contributed by atoms with E-state index in [4.69, 9.17) is 5.11 Å². The molecule has 0 amide bonds. The highest BCUT2D eigenvalue weighted by Crippen LogP contribution is 2.32. The first-order valence-electron chi connectivity index (χ1n) is 6.26. The summed E-state index contributed by atoms with van der Waals surface area (Å²) >= 11 is 0. The van der Waals surface area contributed by atoms with Gasteiger partial charge in [-0.15, -0.1) is 0 Å². The molecule has 0 unspecified atom stereocenters. The number of nitro benzene ring substituents is 1. The number of rotatable bonds is 7. The van der Waals surface area contributed by atoms with Crippen LogP contribution in [-0.2, 0) is 4.79 Å². The molecular formula is C13H17FN2O4. The predicted molar refractivity (Wildman–Crippen MR) is 72.4 cm³/mol. The summed E-state index contributed by atoms with van der Waals surface area (Å²) in [5, 5.41) is 19.6. The molecule has 1 aromatic carbocycles. The topological polar surface area (TPSA) is 83.7 Å². The molecule has 7 heteroatoms. The average molecular weight is 284 g/mol. The number of aliphatic carboxylic acids is 1. The van der Waals surface area contributed by atoms with Crippen molar-refractivity contribution in [3.05, 3.63) is 34.1 Å². The third-order valence-corrected chi connectivity index (χ3v) is 2.87. The van der Waals surface area contributed by atoms with Crippen LogP contribution >= 0.6 is 0 Å². The zero-order valence-electron chi connectivity index (χ0n) is 11.4. The number of carboxylic acid groups (broad SMARTS) is 1. The largest absolute Gasteiger partial charge is 0.481 e. The fraction of sp³-hybridized carbons (Fsp3) is 0.462. The molecule has 0 atom stereocenters. The van der Waals surface area contributed by atoms with Gasteiger partial charge < -0.3 is 10.0 Å². The Bertz CT molecular complexity index is 505. The average Bonchev–Trinajstić information content (AvgIpc) is 2.33. The summed E-state index contributed by atoms with van der Waals surface area (Å²) in [5.41, 5.74) is -0.396. The molecule has 0 aromatic heterocycles. The minimum atomic E-state index is -0.928. The Hall–Kier alpha value is -2.18. The second-order valence-corrected chi connectivity index (χ2v) is 4.65. The number of benzene rings is 1. The number of nitro groups is 1. The second kappa shape index (κ2) is 6.83. The summed E-state index contributed by atoms with van der Waals surface area (Å²) in [7, 11) is 0. The summed E-state index contributed by atoms with van der Waals surface area (Å²) in [5.74, 6) is -1.82. The standard InChI is InChI=1S/C13H17FN2O4/c1-9(2)15(8-4-7-12(17)18)11-6-3-5-10(14)13(11)16(19)20/h3,5-6,9H,4,7-8H2,1-2H3,(H,17,18). The van der Waals surface area contributed by atoms with Gasteiger partial charge in [0.1, 0.15) is 5.69 Å². The van der Waals surface area contributed by atoms with Crippen LogP contribution in [0.1, 0.15) is 26.7 Å². The Morgan fingerprint density at radius 1 is 1.50 bits per heavy atom.